The standard InChI is InChI=1S/C12H15BrN2O3/c13-11-7-10(15(16)17)3-4-12(11)14-5-6-18-8-9-1-2-9/h3-4,7,9,14H,1-2,5-6,8H2. The summed E-state index contributed by atoms with van der Waals surface area (Å²) in [6.07, 6.45) is 2.59. The quantitative estimate of drug-likeness (QED) is 0.477. The maximum atomic E-state index is 10.6. The zero-order chi connectivity index (χ0) is 13.0. The number of benzene rings is 1. The third kappa shape index (κ3) is 3.96. The molecule has 5 nitrogen and oxygen atoms in total. The van der Waals surface area contributed by atoms with E-state index in [4.69, 9.17) is 4.74 Å². The Kier molecular flexibility index (Phi) is 4.54. The molecule has 0 aromatic heterocycles. The number of anilines is 1. The SMILES string of the molecule is O=[N+]([O-])c1ccc(NCCOCC2CC2)c(Br)c1. The van der Waals surface area contributed by atoms with Crippen molar-refractivity contribution in [1.29, 1.82) is 0 Å². The van der Waals surface area contributed by atoms with E-state index >= 15 is 0 Å². The summed E-state index contributed by atoms with van der Waals surface area (Å²) in [6, 6.07) is 4.68. The summed E-state index contributed by atoms with van der Waals surface area (Å²) >= 11 is 3.31. The molecule has 6 heteroatoms. The van der Waals surface area contributed by atoms with Crippen LogP contribution in [0.4, 0.5) is 11.4 Å². The lowest BCUT2D eigenvalue weighted by atomic mass is 10.3. The number of halogens is 1. The summed E-state index contributed by atoms with van der Waals surface area (Å²) < 4.78 is 6.19. The smallest absolute Gasteiger partial charge is 0.270 e. The van der Waals surface area contributed by atoms with Crippen LogP contribution in [0.5, 0.6) is 0 Å². The van der Waals surface area contributed by atoms with Crippen LogP contribution < -0.4 is 5.32 Å². The van der Waals surface area contributed by atoms with Crippen molar-refractivity contribution in [3.63, 3.8) is 0 Å². The first-order valence-electron chi connectivity index (χ1n) is 5.92. The van der Waals surface area contributed by atoms with Crippen molar-refractivity contribution in [2.75, 3.05) is 25.1 Å². The van der Waals surface area contributed by atoms with Gasteiger partial charge >= 0.3 is 0 Å². The third-order valence-corrected chi connectivity index (χ3v) is 3.43. The van der Waals surface area contributed by atoms with Crippen molar-refractivity contribution in [2.24, 2.45) is 5.92 Å². The molecule has 0 heterocycles. The first kappa shape index (κ1) is 13.3. The fourth-order valence-electron chi connectivity index (χ4n) is 1.55. The largest absolute Gasteiger partial charge is 0.382 e. The Labute approximate surface area is 114 Å². The van der Waals surface area contributed by atoms with Crippen LogP contribution in [0.1, 0.15) is 12.8 Å². The molecule has 2 rings (SSSR count). The average molecular weight is 315 g/mol. The van der Waals surface area contributed by atoms with E-state index in [0.29, 0.717) is 17.6 Å². The molecular formula is C12H15BrN2O3. The Morgan fingerprint density at radius 1 is 1.50 bits per heavy atom. The van der Waals surface area contributed by atoms with Gasteiger partial charge in [-0.25, -0.2) is 0 Å². The van der Waals surface area contributed by atoms with Gasteiger partial charge in [-0.1, -0.05) is 0 Å². The van der Waals surface area contributed by atoms with Crippen LogP contribution in [0.2, 0.25) is 0 Å². The molecule has 1 aromatic carbocycles. The molecule has 98 valence electrons. The molecule has 1 saturated carbocycles. The van der Waals surface area contributed by atoms with Gasteiger partial charge in [-0.15, -0.1) is 0 Å². The van der Waals surface area contributed by atoms with Crippen LogP contribution in [0, 0.1) is 16.0 Å². The van der Waals surface area contributed by atoms with Gasteiger partial charge in [0, 0.05) is 35.4 Å². The van der Waals surface area contributed by atoms with Gasteiger partial charge < -0.3 is 10.1 Å². The summed E-state index contributed by atoms with van der Waals surface area (Å²) in [7, 11) is 0. The molecule has 1 aliphatic rings. The molecular weight excluding hydrogens is 300 g/mol. The molecule has 0 atom stereocenters. The zero-order valence-corrected chi connectivity index (χ0v) is 11.5. The maximum Gasteiger partial charge on any atom is 0.270 e. The summed E-state index contributed by atoms with van der Waals surface area (Å²) in [5, 5.41) is 13.8. The number of nitrogens with zero attached hydrogens (tertiary/aromatic N) is 1. The summed E-state index contributed by atoms with van der Waals surface area (Å²) in [4.78, 5) is 10.2. The van der Waals surface area contributed by atoms with Gasteiger partial charge in [0.25, 0.3) is 5.69 Å². The molecule has 1 aliphatic carbocycles. The second-order valence-corrected chi connectivity index (χ2v) is 5.22. The maximum absolute atomic E-state index is 10.6. The van der Waals surface area contributed by atoms with Crippen LogP contribution in [-0.2, 0) is 4.74 Å². The fraction of sp³-hybridized carbons (Fsp3) is 0.500. The fourth-order valence-corrected chi connectivity index (χ4v) is 2.06. The normalized spacial score (nSPS) is 14.5. The van der Waals surface area contributed by atoms with Gasteiger partial charge in [-0.2, -0.15) is 0 Å². The highest BCUT2D eigenvalue weighted by Gasteiger charge is 2.20. The minimum atomic E-state index is -0.409. The second kappa shape index (κ2) is 6.15. The Morgan fingerprint density at radius 2 is 2.28 bits per heavy atom. The lowest BCUT2D eigenvalue weighted by Gasteiger charge is -2.08. The van der Waals surface area contributed by atoms with Crippen molar-refractivity contribution in [1.82, 2.24) is 0 Å². The van der Waals surface area contributed by atoms with E-state index in [2.05, 4.69) is 21.2 Å². The van der Waals surface area contributed by atoms with E-state index in [-0.39, 0.29) is 5.69 Å². The topological polar surface area (TPSA) is 64.4 Å². The number of rotatable bonds is 7. The van der Waals surface area contributed by atoms with Gasteiger partial charge in [0.05, 0.1) is 11.5 Å². The average Bonchev–Trinajstić information content (AvgIpc) is 3.14. The van der Waals surface area contributed by atoms with E-state index < -0.39 is 4.92 Å². The Morgan fingerprint density at radius 3 is 2.89 bits per heavy atom. The molecule has 0 spiro atoms. The molecule has 1 fully saturated rings. The van der Waals surface area contributed by atoms with Gasteiger partial charge in [0.1, 0.15) is 0 Å². The molecule has 0 unspecified atom stereocenters. The number of hydrogen-bond acceptors (Lipinski definition) is 4. The molecule has 1 aromatic rings. The molecule has 0 saturated heterocycles. The third-order valence-electron chi connectivity index (χ3n) is 2.78. The monoisotopic (exact) mass is 314 g/mol. The molecule has 18 heavy (non-hydrogen) atoms. The van der Waals surface area contributed by atoms with Crippen LogP contribution in [0.3, 0.4) is 0 Å². The number of nitro groups is 1. The second-order valence-electron chi connectivity index (χ2n) is 4.37. The van der Waals surface area contributed by atoms with Gasteiger partial charge in [-0.3, -0.25) is 10.1 Å². The molecule has 0 bridgehead atoms. The predicted molar refractivity (Wildman–Crippen MR) is 72.8 cm³/mol. The van der Waals surface area contributed by atoms with Crippen molar-refractivity contribution < 1.29 is 9.66 Å². The van der Waals surface area contributed by atoms with Crippen molar-refractivity contribution in [3.05, 3.63) is 32.8 Å². The first-order valence-corrected chi connectivity index (χ1v) is 6.71. The number of nitrogens with one attached hydrogen (secondary N) is 1. The van der Waals surface area contributed by atoms with Gasteiger partial charge in [0.15, 0.2) is 0 Å². The number of non-ortho nitro benzene ring substituents is 1. The summed E-state index contributed by atoms with van der Waals surface area (Å²) in [5.74, 6) is 0.774. The molecule has 0 aliphatic heterocycles. The predicted octanol–water partition coefficient (Wildman–Crippen LogP) is 3.20. The van der Waals surface area contributed by atoms with E-state index in [1.165, 1.54) is 25.0 Å². The Balaban J connectivity index is 1.75. The Bertz CT molecular complexity index is 435. The summed E-state index contributed by atoms with van der Waals surface area (Å²) in [6.45, 7) is 2.20. The van der Waals surface area contributed by atoms with E-state index in [1.807, 2.05) is 0 Å². The van der Waals surface area contributed by atoms with Crippen molar-refractivity contribution >= 4 is 27.3 Å². The molecule has 0 amide bonds. The van der Waals surface area contributed by atoms with Crippen molar-refractivity contribution in [2.45, 2.75) is 12.8 Å². The van der Waals surface area contributed by atoms with E-state index in [9.17, 15) is 10.1 Å². The number of nitro benzene ring substituents is 1. The molecule has 0 radical (unpaired) electrons. The summed E-state index contributed by atoms with van der Waals surface area (Å²) in [5.41, 5.74) is 0.924. The number of hydrogen-bond donors (Lipinski definition) is 1. The Hall–Kier alpha value is -1.14. The van der Waals surface area contributed by atoms with E-state index in [0.717, 1.165) is 18.2 Å². The van der Waals surface area contributed by atoms with Crippen LogP contribution in [-0.4, -0.2) is 24.7 Å². The van der Waals surface area contributed by atoms with Crippen LogP contribution in [0.25, 0.3) is 0 Å². The number of ether oxygens (including phenoxy) is 1. The minimum Gasteiger partial charge on any atom is -0.382 e. The lowest BCUT2D eigenvalue weighted by Crippen LogP contribution is -2.11. The highest BCUT2D eigenvalue weighted by molar-refractivity contribution is 9.10. The van der Waals surface area contributed by atoms with Gasteiger partial charge in [0.2, 0.25) is 0 Å². The lowest BCUT2D eigenvalue weighted by molar-refractivity contribution is -0.384. The first-order chi connectivity index (χ1) is 8.66. The molecule has 1 N–H and O–H groups in total. The highest BCUT2D eigenvalue weighted by atomic mass is 79.9. The van der Waals surface area contributed by atoms with E-state index in [1.54, 1.807) is 6.07 Å². The zero-order valence-electron chi connectivity index (χ0n) is 9.89. The van der Waals surface area contributed by atoms with Crippen LogP contribution >= 0.6 is 15.9 Å². The van der Waals surface area contributed by atoms with Crippen LogP contribution in [0.15, 0.2) is 22.7 Å². The minimum absolute atomic E-state index is 0.0809. The highest BCUT2D eigenvalue weighted by Crippen LogP contribution is 2.29. The van der Waals surface area contributed by atoms with Gasteiger partial charge in [-0.05, 0) is 40.8 Å². The van der Waals surface area contributed by atoms with Crippen molar-refractivity contribution in [3.8, 4) is 0 Å².